The maximum atomic E-state index is 3.87. The molecule has 1 aromatic rings. The van der Waals surface area contributed by atoms with Crippen molar-refractivity contribution in [1.29, 1.82) is 0 Å². The molecule has 3 heteroatoms. The van der Waals surface area contributed by atoms with Crippen LogP contribution in [0.1, 0.15) is 21.1 Å². The predicted molar refractivity (Wildman–Crippen MR) is 43.7 cm³/mol. The molecule has 3 nitrogen and oxygen atoms in total. The fourth-order valence-corrected chi connectivity index (χ4v) is 0.401. The van der Waals surface area contributed by atoms with E-state index in [4.69, 9.17) is 0 Å². The van der Waals surface area contributed by atoms with E-state index >= 15 is 0 Å². The number of aromatic nitrogens is 3. The zero-order chi connectivity index (χ0) is 7.82. The van der Waals surface area contributed by atoms with Gasteiger partial charge in [0.25, 0.3) is 0 Å². The van der Waals surface area contributed by atoms with Crippen molar-refractivity contribution in [2.24, 2.45) is 0 Å². The van der Waals surface area contributed by atoms with Crippen LogP contribution in [-0.4, -0.2) is 15.2 Å². The van der Waals surface area contributed by atoms with Crippen LogP contribution in [0.5, 0.6) is 0 Å². The Morgan fingerprint density at radius 3 is 2.70 bits per heavy atom. The number of aryl methyl sites for hydroxylation is 1. The second kappa shape index (κ2) is 6.01. The van der Waals surface area contributed by atoms with E-state index < -0.39 is 0 Å². The van der Waals surface area contributed by atoms with Gasteiger partial charge in [0, 0.05) is 7.85 Å². The lowest BCUT2D eigenvalue weighted by Crippen LogP contribution is -1.79. The monoisotopic (exact) mass is 141 g/mol. The molecule has 0 aliphatic rings. The van der Waals surface area contributed by atoms with Crippen LogP contribution in [0.3, 0.4) is 0 Å². The van der Waals surface area contributed by atoms with Gasteiger partial charge < -0.3 is 0 Å². The number of allylic oxidation sites excluding steroid dienone is 1. The largest absolute Gasteiger partial charge is 0.263 e. The van der Waals surface area contributed by atoms with E-state index in [9.17, 15) is 0 Å². The molecule has 0 saturated heterocycles. The van der Waals surface area contributed by atoms with Gasteiger partial charge in [-0.15, -0.1) is 6.58 Å². The highest BCUT2D eigenvalue weighted by molar-refractivity contribution is 4.76. The Bertz CT molecular complexity index is 160. The van der Waals surface area contributed by atoms with Crippen molar-refractivity contribution in [2.45, 2.75) is 20.3 Å². The summed E-state index contributed by atoms with van der Waals surface area (Å²) in [4.78, 5) is 3.87. The normalized spacial score (nSPS) is 7.80. The molecule has 0 radical (unpaired) electrons. The molecule has 0 aliphatic heterocycles. The fourth-order valence-electron chi connectivity index (χ4n) is 0.401. The van der Waals surface area contributed by atoms with Gasteiger partial charge in [0.1, 0.15) is 12.2 Å². The van der Waals surface area contributed by atoms with E-state index in [0.29, 0.717) is 0 Å². The average Bonchev–Trinajstić information content (AvgIpc) is 2.39. The SMILES string of the molecule is C=CC.CCc1ncn[nH]1.[HH]. The number of hydrogen-bond acceptors (Lipinski definition) is 2. The summed E-state index contributed by atoms with van der Waals surface area (Å²) in [6.45, 7) is 7.28. The molecule has 0 bridgehead atoms. The summed E-state index contributed by atoms with van der Waals surface area (Å²) >= 11 is 0. The van der Waals surface area contributed by atoms with Gasteiger partial charge in [-0.1, -0.05) is 13.0 Å². The number of hydrogen-bond donors (Lipinski definition) is 1. The molecule has 0 spiro atoms. The van der Waals surface area contributed by atoms with Crippen molar-refractivity contribution in [3.8, 4) is 0 Å². The van der Waals surface area contributed by atoms with Crippen molar-refractivity contribution in [3.63, 3.8) is 0 Å². The molecule has 1 N–H and O–H groups in total. The second-order valence-corrected chi connectivity index (χ2v) is 1.69. The molecular weight excluding hydrogens is 126 g/mol. The minimum atomic E-state index is 0. The highest BCUT2D eigenvalue weighted by Gasteiger charge is 1.84. The van der Waals surface area contributed by atoms with Crippen LogP contribution in [0.4, 0.5) is 0 Å². The van der Waals surface area contributed by atoms with Crippen molar-refractivity contribution in [2.75, 3.05) is 0 Å². The maximum absolute atomic E-state index is 3.87. The van der Waals surface area contributed by atoms with Gasteiger partial charge in [0.2, 0.25) is 0 Å². The molecule has 0 amide bonds. The lowest BCUT2D eigenvalue weighted by atomic mass is 10.5. The van der Waals surface area contributed by atoms with E-state index in [-0.39, 0.29) is 1.43 Å². The number of aromatic amines is 1. The summed E-state index contributed by atoms with van der Waals surface area (Å²) in [5.74, 6) is 0.944. The molecular formula is C7H15N3. The number of rotatable bonds is 1. The van der Waals surface area contributed by atoms with Crippen LogP contribution in [0, 0.1) is 0 Å². The third kappa shape index (κ3) is 3.83. The zero-order valence-electron chi connectivity index (χ0n) is 6.46. The second-order valence-electron chi connectivity index (χ2n) is 1.69. The standard InChI is InChI=1S/C4H7N3.C3H6.H2/c1-2-4-5-3-6-7-4;1-3-2;/h3H,2H2,1H3,(H,5,6,7);3H,1H2,2H3;1H. The summed E-state index contributed by atoms with van der Waals surface area (Å²) in [5, 5.41) is 6.38. The van der Waals surface area contributed by atoms with Crippen molar-refractivity contribution >= 4 is 0 Å². The Labute approximate surface area is 62.7 Å². The lowest BCUT2D eigenvalue weighted by molar-refractivity contribution is 0.946. The third-order valence-corrected chi connectivity index (χ3v) is 0.800. The highest BCUT2D eigenvalue weighted by Crippen LogP contribution is 1.82. The maximum Gasteiger partial charge on any atom is 0.137 e. The molecule has 0 aliphatic carbocycles. The van der Waals surface area contributed by atoms with Crippen LogP contribution in [0.2, 0.25) is 0 Å². The zero-order valence-corrected chi connectivity index (χ0v) is 6.46. The first-order valence-corrected chi connectivity index (χ1v) is 3.26. The van der Waals surface area contributed by atoms with Gasteiger partial charge in [-0.05, 0) is 6.92 Å². The molecule has 1 heterocycles. The lowest BCUT2D eigenvalue weighted by Gasteiger charge is -1.77. The average molecular weight is 141 g/mol. The summed E-state index contributed by atoms with van der Waals surface area (Å²) < 4.78 is 0. The number of nitrogens with one attached hydrogen (secondary N) is 1. The quantitative estimate of drug-likeness (QED) is 0.606. The van der Waals surface area contributed by atoms with Crippen LogP contribution in [0.25, 0.3) is 0 Å². The predicted octanol–water partition coefficient (Wildman–Crippen LogP) is 1.81. The third-order valence-electron chi connectivity index (χ3n) is 0.800. The molecule has 1 aromatic heterocycles. The Morgan fingerprint density at radius 2 is 2.50 bits per heavy atom. The minimum absolute atomic E-state index is 0. The Kier molecular flexibility index (Phi) is 5.33. The Balaban J connectivity index is 0. The molecule has 0 aromatic carbocycles. The van der Waals surface area contributed by atoms with Crippen LogP contribution < -0.4 is 0 Å². The molecule has 0 saturated carbocycles. The summed E-state index contributed by atoms with van der Waals surface area (Å²) in [6.07, 6.45) is 4.19. The molecule has 0 fully saturated rings. The summed E-state index contributed by atoms with van der Waals surface area (Å²) in [5.41, 5.74) is 0. The topological polar surface area (TPSA) is 41.6 Å². The van der Waals surface area contributed by atoms with Gasteiger partial charge in [-0.3, -0.25) is 5.10 Å². The van der Waals surface area contributed by atoms with E-state index in [0.717, 1.165) is 12.2 Å². The first kappa shape index (κ1) is 8.88. The van der Waals surface area contributed by atoms with E-state index in [1.807, 2.05) is 13.8 Å². The van der Waals surface area contributed by atoms with Crippen LogP contribution >= 0.6 is 0 Å². The fraction of sp³-hybridized carbons (Fsp3) is 0.429. The highest BCUT2D eigenvalue weighted by atomic mass is 15.2. The van der Waals surface area contributed by atoms with Crippen LogP contribution in [-0.2, 0) is 6.42 Å². The minimum Gasteiger partial charge on any atom is -0.263 e. The smallest absolute Gasteiger partial charge is 0.137 e. The number of nitrogens with zero attached hydrogens (tertiary/aromatic N) is 2. The molecule has 0 atom stereocenters. The first-order chi connectivity index (χ1) is 4.85. The Hall–Kier alpha value is -1.12. The Morgan fingerprint density at radius 1 is 1.90 bits per heavy atom. The molecule has 10 heavy (non-hydrogen) atoms. The van der Waals surface area contributed by atoms with E-state index in [1.54, 1.807) is 6.08 Å². The van der Waals surface area contributed by atoms with E-state index in [1.165, 1.54) is 6.33 Å². The van der Waals surface area contributed by atoms with Crippen molar-refractivity contribution in [1.82, 2.24) is 15.2 Å². The van der Waals surface area contributed by atoms with Gasteiger partial charge in [-0.25, -0.2) is 4.98 Å². The first-order valence-electron chi connectivity index (χ1n) is 3.26. The number of H-pyrrole nitrogens is 1. The van der Waals surface area contributed by atoms with Gasteiger partial charge in [-0.2, -0.15) is 5.10 Å². The van der Waals surface area contributed by atoms with Gasteiger partial charge in [0.05, 0.1) is 0 Å². The van der Waals surface area contributed by atoms with Gasteiger partial charge in [0.15, 0.2) is 0 Å². The molecule has 1 rings (SSSR count). The van der Waals surface area contributed by atoms with Gasteiger partial charge >= 0.3 is 0 Å². The summed E-state index contributed by atoms with van der Waals surface area (Å²) in [6, 6.07) is 0. The molecule has 58 valence electrons. The summed E-state index contributed by atoms with van der Waals surface area (Å²) in [7, 11) is 0. The van der Waals surface area contributed by atoms with Crippen LogP contribution in [0.15, 0.2) is 19.0 Å². The van der Waals surface area contributed by atoms with Crippen molar-refractivity contribution < 1.29 is 1.43 Å². The van der Waals surface area contributed by atoms with E-state index in [2.05, 4.69) is 21.8 Å². The molecule has 0 unspecified atom stereocenters. The van der Waals surface area contributed by atoms with Crippen molar-refractivity contribution in [3.05, 3.63) is 24.8 Å².